The Hall–Kier alpha value is -4.01. The number of rotatable bonds is 5. The van der Waals surface area contributed by atoms with Crippen LogP contribution in [0.3, 0.4) is 0 Å². The van der Waals surface area contributed by atoms with Gasteiger partial charge in [-0.1, -0.05) is 6.07 Å². The molecule has 0 bridgehead atoms. The van der Waals surface area contributed by atoms with E-state index in [1.54, 1.807) is 25.3 Å². The predicted octanol–water partition coefficient (Wildman–Crippen LogP) is 2.31. The van der Waals surface area contributed by atoms with Gasteiger partial charge in [0.05, 0.1) is 18.5 Å². The highest BCUT2D eigenvalue weighted by molar-refractivity contribution is 6.03. The van der Waals surface area contributed by atoms with Crippen molar-refractivity contribution in [2.45, 2.75) is 0 Å². The number of hydrogen-bond donors (Lipinski definition) is 2. The zero-order valence-electron chi connectivity index (χ0n) is 14.3. The average Bonchev–Trinajstić information content (AvgIpc) is 3.40. The molecule has 2 aromatic heterocycles. The van der Waals surface area contributed by atoms with Crippen LogP contribution in [0.1, 0.15) is 10.5 Å². The topological polar surface area (TPSA) is 111 Å². The van der Waals surface area contributed by atoms with Gasteiger partial charge in [-0.05, 0) is 59.0 Å². The van der Waals surface area contributed by atoms with Gasteiger partial charge in [0.2, 0.25) is 0 Å². The second-order valence-corrected chi connectivity index (χ2v) is 5.65. The van der Waals surface area contributed by atoms with E-state index in [-0.39, 0.29) is 5.91 Å². The third kappa shape index (κ3) is 3.52. The van der Waals surface area contributed by atoms with Gasteiger partial charge in [-0.25, -0.2) is 4.68 Å². The first-order chi connectivity index (χ1) is 13.2. The van der Waals surface area contributed by atoms with Crippen LogP contribution < -0.4 is 10.1 Å². The van der Waals surface area contributed by atoms with Crippen LogP contribution in [0.15, 0.2) is 60.9 Å². The largest absolute Gasteiger partial charge is 0.497 e. The van der Waals surface area contributed by atoms with Gasteiger partial charge in [0.25, 0.3) is 5.91 Å². The summed E-state index contributed by atoms with van der Waals surface area (Å²) in [5, 5.41) is 20.8. The summed E-state index contributed by atoms with van der Waals surface area (Å²) in [4.78, 5) is 12.5. The quantitative estimate of drug-likeness (QED) is 0.564. The Bertz CT molecular complexity index is 1060. The van der Waals surface area contributed by atoms with Crippen molar-refractivity contribution >= 4 is 11.6 Å². The Kier molecular flexibility index (Phi) is 4.32. The number of anilines is 1. The standard InChI is InChI=1S/C18H15N7O2/c1-27-15-7-5-12(6-8-15)16-10-17(22-21-16)18(26)20-13-3-2-4-14(9-13)25-11-19-23-24-25/h2-11H,1H3,(H,20,26)(H,21,22). The maximum Gasteiger partial charge on any atom is 0.273 e. The van der Waals surface area contributed by atoms with Crippen molar-refractivity contribution in [1.29, 1.82) is 0 Å². The van der Waals surface area contributed by atoms with E-state index in [9.17, 15) is 4.79 Å². The summed E-state index contributed by atoms with van der Waals surface area (Å²) in [7, 11) is 1.61. The number of benzene rings is 2. The summed E-state index contributed by atoms with van der Waals surface area (Å²) in [6.45, 7) is 0. The van der Waals surface area contributed by atoms with E-state index >= 15 is 0 Å². The molecule has 0 fully saturated rings. The lowest BCUT2D eigenvalue weighted by Gasteiger charge is -2.05. The lowest BCUT2D eigenvalue weighted by Crippen LogP contribution is -2.12. The average molecular weight is 361 g/mol. The van der Waals surface area contributed by atoms with Crippen LogP contribution in [-0.4, -0.2) is 43.4 Å². The Morgan fingerprint density at radius 3 is 2.74 bits per heavy atom. The molecule has 0 unspecified atom stereocenters. The van der Waals surface area contributed by atoms with E-state index in [0.717, 1.165) is 17.0 Å². The Balaban J connectivity index is 1.50. The minimum Gasteiger partial charge on any atom is -0.497 e. The summed E-state index contributed by atoms with van der Waals surface area (Å²) >= 11 is 0. The summed E-state index contributed by atoms with van der Waals surface area (Å²) in [6, 6.07) is 16.3. The van der Waals surface area contributed by atoms with Crippen molar-refractivity contribution in [3.05, 3.63) is 66.6 Å². The van der Waals surface area contributed by atoms with E-state index in [1.807, 2.05) is 36.4 Å². The van der Waals surface area contributed by atoms with Crippen molar-refractivity contribution < 1.29 is 9.53 Å². The Morgan fingerprint density at radius 1 is 1.15 bits per heavy atom. The molecule has 2 aromatic carbocycles. The molecule has 2 N–H and O–H groups in total. The highest BCUT2D eigenvalue weighted by atomic mass is 16.5. The van der Waals surface area contributed by atoms with Crippen LogP contribution in [0.4, 0.5) is 5.69 Å². The zero-order chi connectivity index (χ0) is 18.6. The SMILES string of the molecule is COc1ccc(-c2cc(C(=O)Nc3cccc(-n4cnnn4)c3)[nH]n2)cc1. The molecule has 2 heterocycles. The molecule has 0 atom stereocenters. The number of nitrogens with one attached hydrogen (secondary N) is 2. The van der Waals surface area contributed by atoms with E-state index < -0.39 is 0 Å². The number of aromatic amines is 1. The molecule has 0 saturated heterocycles. The van der Waals surface area contributed by atoms with E-state index in [4.69, 9.17) is 4.74 Å². The van der Waals surface area contributed by atoms with Gasteiger partial charge in [0, 0.05) is 11.3 Å². The minimum atomic E-state index is -0.295. The third-order valence-corrected chi connectivity index (χ3v) is 3.93. The second-order valence-electron chi connectivity index (χ2n) is 5.65. The van der Waals surface area contributed by atoms with Crippen LogP contribution in [0.2, 0.25) is 0 Å². The van der Waals surface area contributed by atoms with Gasteiger partial charge in [-0.3, -0.25) is 9.89 Å². The lowest BCUT2D eigenvalue weighted by atomic mass is 10.1. The maximum atomic E-state index is 12.5. The molecule has 4 aromatic rings. The summed E-state index contributed by atoms with van der Waals surface area (Å²) in [6.07, 6.45) is 1.48. The molecule has 27 heavy (non-hydrogen) atoms. The first-order valence-corrected chi connectivity index (χ1v) is 8.07. The molecule has 0 aliphatic carbocycles. The zero-order valence-corrected chi connectivity index (χ0v) is 14.3. The predicted molar refractivity (Wildman–Crippen MR) is 97.7 cm³/mol. The smallest absolute Gasteiger partial charge is 0.273 e. The molecule has 9 nitrogen and oxygen atoms in total. The summed E-state index contributed by atoms with van der Waals surface area (Å²) in [5.41, 5.74) is 3.26. The van der Waals surface area contributed by atoms with Crippen LogP contribution >= 0.6 is 0 Å². The normalized spacial score (nSPS) is 10.6. The van der Waals surface area contributed by atoms with Crippen LogP contribution in [0.25, 0.3) is 16.9 Å². The first kappa shape index (κ1) is 16.5. The lowest BCUT2D eigenvalue weighted by molar-refractivity contribution is 0.102. The number of nitrogens with zero attached hydrogens (tertiary/aromatic N) is 5. The van der Waals surface area contributed by atoms with E-state index in [2.05, 4.69) is 31.0 Å². The number of tetrazole rings is 1. The van der Waals surface area contributed by atoms with Crippen molar-refractivity contribution in [3.8, 4) is 22.7 Å². The molecule has 9 heteroatoms. The summed E-state index contributed by atoms with van der Waals surface area (Å²) < 4.78 is 6.65. The number of ether oxygens (including phenoxy) is 1. The minimum absolute atomic E-state index is 0.295. The van der Waals surface area contributed by atoms with Gasteiger partial charge in [-0.15, -0.1) is 5.10 Å². The fourth-order valence-electron chi connectivity index (χ4n) is 2.55. The fraction of sp³-hybridized carbons (Fsp3) is 0.0556. The monoisotopic (exact) mass is 361 g/mol. The van der Waals surface area contributed by atoms with Crippen LogP contribution in [-0.2, 0) is 0 Å². The molecular formula is C18H15N7O2. The number of carbonyl (C=O) groups is 1. The third-order valence-electron chi connectivity index (χ3n) is 3.93. The number of aromatic nitrogens is 6. The molecule has 0 aliphatic rings. The Labute approximate surface area is 154 Å². The van der Waals surface area contributed by atoms with Crippen molar-refractivity contribution in [3.63, 3.8) is 0 Å². The molecule has 0 saturated carbocycles. The van der Waals surface area contributed by atoms with Crippen LogP contribution in [0, 0.1) is 0 Å². The number of H-pyrrole nitrogens is 1. The number of carbonyl (C=O) groups excluding carboxylic acids is 1. The van der Waals surface area contributed by atoms with Gasteiger partial charge in [0.1, 0.15) is 17.8 Å². The van der Waals surface area contributed by atoms with E-state index in [0.29, 0.717) is 17.1 Å². The highest BCUT2D eigenvalue weighted by Crippen LogP contribution is 2.21. The highest BCUT2D eigenvalue weighted by Gasteiger charge is 2.12. The molecule has 1 amide bonds. The molecule has 0 spiro atoms. The van der Waals surface area contributed by atoms with Gasteiger partial charge < -0.3 is 10.1 Å². The fourth-order valence-corrected chi connectivity index (χ4v) is 2.55. The first-order valence-electron chi connectivity index (χ1n) is 8.07. The number of hydrogen-bond acceptors (Lipinski definition) is 6. The van der Waals surface area contributed by atoms with Crippen LogP contribution in [0.5, 0.6) is 5.75 Å². The van der Waals surface area contributed by atoms with Gasteiger partial charge >= 0.3 is 0 Å². The second kappa shape index (κ2) is 7.08. The van der Waals surface area contributed by atoms with Crippen molar-refractivity contribution in [1.82, 2.24) is 30.4 Å². The van der Waals surface area contributed by atoms with Gasteiger partial charge in [0.15, 0.2) is 0 Å². The Morgan fingerprint density at radius 2 is 2.00 bits per heavy atom. The van der Waals surface area contributed by atoms with Crippen molar-refractivity contribution in [2.75, 3.05) is 12.4 Å². The number of methoxy groups -OCH3 is 1. The van der Waals surface area contributed by atoms with Gasteiger partial charge in [-0.2, -0.15) is 5.10 Å². The molecule has 134 valence electrons. The summed E-state index contributed by atoms with van der Waals surface area (Å²) in [5.74, 6) is 0.464. The number of amides is 1. The maximum absolute atomic E-state index is 12.5. The molecule has 0 aliphatic heterocycles. The molecule has 4 rings (SSSR count). The molecule has 0 radical (unpaired) electrons. The molecular weight excluding hydrogens is 346 g/mol. The van der Waals surface area contributed by atoms with Crippen molar-refractivity contribution in [2.24, 2.45) is 0 Å². The van der Waals surface area contributed by atoms with E-state index in [1.165, 1.54) is 11.0 Å².